The van der Waals surface area contributed by atoms with Crippen molar-refractivity contribution in [2.75, 3.05) is 38.3 Å². The first-order valence-electron chi connectivity index (χ1n) is 10.8. The van der Waals surface area contributed by atoms with Crippen molar-refractivity contribution in [2.24, 2.45) is 0 Å². The van der Waals surface area contributed by atoms with E-state index in [2.05, 4.69) is 51.2 Å². The molecule has 5 rings (SSSR count). The molecule has 7 heteroatoms. The number of morpholine rings is 1. The fourth-order valence-electron chi connectivity index (χ4n) is 4.05. The molecular formula is C25H26N4O2S. The van der Waals surface area contributed by atoms with Gasteiger partial charge in [0, 0.05) is 30.2 Å². The van der Waals surface area contributed by atoms with Gasteiger partial charge in [-0.15, -0.1) is 11.3 Å². The molecule has 0 bridgehead atoms. The third kappa shape index (κ3) is 4.60. The molecule has 1 N–H and O–H groups in total. The number of benzene rings is 2. The van der Waals surface area contributed by atoms with Gasteiger partial charge >= 0.3 is 0 Å². The number of thiophene rings is 1. The van der Waals surface area contributed by atoms with Gasteiger partial charge in [-0.05, 0) is 36.4 Å². The average Bonchev–Trinajstić information content (AvgIpc) is 3.26. The lowest BCUT2D eigenvalue weighted by Crippen LogP contribution is -2.36. The Balaban J connectivity index is 1.28. The van der Waals surface area contributed by atoms with E-state index in [1.807, 2.05) is 31.3 Å². The van der Waals surface area contributed by atoms with Crippen LogP contribution in [0.5, 0.6) is 0 Å². The van der Waals surface area contributed by atoms with Gasteiger partial charge < -0.3 is 14.6 Å². The summed E-state index contributed by atoms with van der Waals surface area (Å²) in [6.07, 6.45) is 0. The summed E-state index contributed by atoms with van der Waals surface area (Å²) >= 11 is 1.56. The summed E-state index contributed by atoms with van der Waals surface area (Å²) < 4.78 is 5.43. The molecular weight excluding hydrogens is 420 g/mol. The van der Waals surface area contributed by atoms with E-state index in [0.717, 1.165) is 48.1 Å². The number of fused-ring (bicyclic) bond motifs is 1. The van der Waals surface area contributed by atoms with Crippen molar-refractivity contribution < 1.29 is 4.74 Å². The van der Waals surface area contributed by atoms with Crippen LogP contribution in [-0.4, -0.2) is 48.2 Å². The smallest absolute Gasteiger partial charge is 0.259 e. The van der Waals surface area contributed by atoms with Crippen molar-refractivity contribution in [2.45, 2.75) is 13.1 Å². The van der Waals surface area contributed by atoms with Gasteiger partial charge in [0.05, 0.1) is 25.1 Å². The molecule has 32 heavy (non-hydrogen) atoms. The first kappa shape index (κ1) is 20.9. The molecule has 0 spiro atoms. The Morgan fingerprint density at radius 2 is 1.81 bits per heavy atom. The van der Waals surface area contributed by atoms with Crippen molar-refractivity contribution in [3.63, 3.8) is 0 Å². The third-order valence-corrected chi connectivity index (χ3v) is 6.77. The average molecular weight is 447 g/mol. The molecule has 0 unspecified atom stereocenters. The highest BCUT2D eigenvalue weighted by Crippen LogP contribution is 2.30. The topological polar surface area (TPSA) is 61.5 Å². The number of nitrogens with zero attached hydrogens (tertiary/aromatic N) is 3. The van der Waals surface area contributed by atoms with E-state index in [1.54, 1.807) is 11.3 Å². The second kappa shape index (κ2) is 9.24. The minimum atomic E-state index is -0.0771. The van der Waals surface area contributed by atoms with Crippen LogP contribution in [0.2, 0.25) is 0 Å². The molecule has 0 saturated carbocycles. The lowest BCUT2D eigenvalue weighted by molar-refractivity contribution is 0.122. The number of aromatic amines is 1. The molecule has 1 saturated heterocycles. The Morgan fingerprint density at radius 3 is 2.56 bits per heavy atom. The van der Waals surface area contributed by atoms with Gasteiger partial charge in [-0.25, -0.2) is 4.98 Å². The van der Waals surface area contributed by atoms with E-state index in [4.69, 9.17) is 9.72 Å². The van der Waals surface area contributed by atoms with Crippen LogP contribution in [0.15, 0.2) is 65.5 Å². The van der Waals surface area contributed by atoms with Crippen LogP contribution in [0.4, 0.5) is 5.69 Å². The molecule has 2 aromatic heterocycles. The minimum absolute atomic E-state index is 0.0771. The predicted octanol–water partition coefficient (Wildman–Crippen LogP) is 4.12. The SMILES string of the molecule is CN(Cc1ccc(N2CCOCC2)cc1)Cc1nc2sc(-c3ccccc3)cc2c(=O)[nH]1. The fourth-order valence-corrected chi connectivity index (χ4v) is 5.11. The minimum Gasteiger partial charge on any atom is -0.378 e. The molecule has 0 radical (unpaired) electrons. The Morgan fingerprint density at radius 1 is 1.06 bits per heavy atom. The van der Waals surface area contributed by atoms with Crippen molar-refractivity contribution in [3.8, 4) is 10.4 Å². The molecule has 3 heterocycles. The summed E-state index contributed by atoms with van der Waals surface area (Å²) in [6.45, 7) is 4.82. The highest BCUT2D eigenvalue weighted by Gasteiger charge is 2.13. The number of nitrogens with one attached hydrogen (secondary N) is 1. The van der Waals surface area contributed by atoms with Gasteiger partial charge in [-0.2, -0.15) is 0 Å². The number of hydrogen-bond acceptors (Lipinski definition) is 6. The number of anilines is 1. The number of aromatic nitrogens is 2. The summed E-state index contributed by atoms with van der Waals surface area (Å²) in [5, 5.41) is 0.652. The summed E-state index contributed by atoms with van der Waals surface area (Å²) in [5.41, 5.74) is 3.50. The molecule has 4 aromatic rings. The normalized spacial score (nSPS) is 14.4. The van der Waals surface area contributed by atoms with Gasteiger partial charge in [0.25, 0.3) is 5.56 Å². The van der Waals surface area contributed by atoms with Crippen molar-refractivity contribution in [1.82, 2.24) is 14.9 Å². The Kier molecular flexibility index (Phi) is 6.03. The standard InChI is InChI=1S/C25H26N4O2S/c1-28(16-18-7-9-20(10-8-18)29-11-13-31-14-12-29)17-23-26-24(30)21-15-22(32-25(21)27-23)19-5-3-2-4-6-19/h2-10,15H,11-14,16-17H2,1H3,(H,26,27,30). The van der Waals surface area contributed by atoms with Gasteiger partial charge in [0.1, 0.15) is 10.7 Å². The van der Waals surface area contributed by atoms with Crippen LogP contribution in [0.25, 0.3) is 20.7 Å². The highest BCUT2D eigenvalue weighted by atomic mass is 32.1. The second-order valence-electron chi connectivity index (χ2n) is 8.15. The maximum absolute atomic E-state index is 12.7. The zero-order valence-corrected chi connectivity index (χ0v) is 18.9. The lowest BCUT2D eigenvalue weighted by atomic mass is 10.1. The molecule has 1 aliphatic rings. The Hall–Kier alpha value is -3.00. The number of H-pyrrole nitrogens is 1. The molecule has 164 valence electrons. The zero-order chi connectivity index (χ0) is 21.9. The molecule has 6 nitrogen and oxygen atoms in total. The lowest BCUT2D eigenvalue weighted by Gasteiger charge is -2.29. The molecule has 1 fully saturated rings. The Bertz CT molecular complexity index is 1240. The highest BCUT2D eigenvalue weighted by molar-refractivity contribution is 7.21. The van der Waals surface area contributed by atoms with Crippen molar-refractivity contribution in [3.05, 3.63) is 82.4 Å². The summed E-state index contributed by atoms with van der Waals surface area (Å²) in [6, 6.07) is 20.7. The largest absolute Gasteiger partial charge is 0.378 e. The molecule has 0 atom stereocenters. The van der Waals surface area contributed by atoms with Crippen LogP contribution >= 0.6 is 11.3 Å². The van der Waals surface area contributed by atoms with E-state index < -0.39 is 0 Å². The monoisotopic (exact) mass is 446 g/mol. The number of rotatable bonds is 6. The van der Waals surface area contributed by atoms with Gasteiger partial charge in [-0.1, -0.05) is 42.5 Å². The quantitative estimate of drug-likeness (QED) is 0.483. The van der Waals surface area contributed by atoms with E-state index in [0.29, 0.717) is 17.8 Å². The fraction of sp³-hybridized carbons (Fsp3) is 0.280. The van der Waals surface area contributed by atoms with E-state index in [1.165, 1.54) is 11.3 Å². The molecule has 1 aliphatic heterocycles. The molecule has 2 aromatic carbocycles. The summed E-state index contributed by atoms with van der Waals surface area (Å²) in [4.78, 5) is 26.7. The third-order valence-electron chi connectivity index (χ3n) is 5.69. The van der Waals surface area contributed by atoms with E-state index >= 15 is 0 Å². The van der Waals surface area contributed by atoms with E-state index in [-0.39, 0.29) is 5.56 Å². The van der Waals surface area contributed by atoms with Crippen molar-refractivity contribution >= 4 is 27.2 Å². The molecule has 0 amide bonds. The maximum atomic E-state index is 12.7. The summed E-state index contributed by atoms with van der Waals surface area (Å²) in [7, 11) is 2.05. The zero-order valence-electron chi connectivity index (χ0n) is 18.1. The van der Waals surface area contributed by atoms with Crippen LogP contribution < -0.4 is 10.5 Å². The van der Waals surface area contributed by atoms with Crippen LogP contribution in [0.3, 0.4) is 0 Å². The molecule has 0 aliphatic carbocycles. The van der Waals surface area contributed by atoms with Gasteiger partial charge in [0.15, 0.2) is 0 Å². The van der Waals surface area contributed by atoms with Crippen LogP contribution in [0.1, 0.15) is 11.4 Å². The number of hydrogen-bond donors (Lipinski definition) is 1. The van der Waals surface area contributed by atoms with Crippen LogP contribution in [0, 0.1) is 0 Å². The number of ether oxygens (including phenoxy) is 1. The van der Waals surface area contributed by atoms with Gasteiger partial charge in [0.2, 0.25) is 0 Å². The first-order chi connectivity index (χ1) is 15.7. The summed E-state index contributed by atoms with van der Waals surface area (Å²) in [5.74, 6) is 0.691. The Labute approximate surface area is 191 Å². The second-order valence-corrected chi connectivity index (χ2v) is 9.18. The van der Waals surface area contributed by atoms with Crippen molar-refractivity contribution in [1.29, 1.82) is 0 Å². The predicted molar refractivity (Wildman–Crippen MR) is 130 cm³/mol. The van der Waals surface area contributed by atoms with Gasteiger partial charge in [-0.3, -0.25) is 9.69 Å². The first-order valence-corrected chi connectivity index (χ1v) is 11.7. The van der Waals surface area contributed by atoms with Crippen LogP contribution in [-0.2, 0) is 17.8 Å². The van der Waals surface area contributed by atoms with E-state index in [9.17, 15) is 4.79 Å². The maximum Gasteiger partial charge on any atom is 0.259 e.